The number of rotatable bonds is 6. The molecule has 1 N–H and O–H groups in total. The van der Waals surface area contributed by atoms with Crippen molar-refractivity contribution < 1.29 is 14.3 Å². The number of carbonyl (C=O) groups excluding carboxylic acids is 1. The Morgan fingerprint density at radius 2 is 1.88 bits per heavy atom. The smallest absolute Gasteiger partial charge is 0.224 e. The molecule has 138 valence electrons. The number of halogens is 1. The van der Waals surface area contributed by atoms with Crippen molar-refractivity contribution in [3.63, 3.8) is 0 Å². The van der Waals surface area contributed by atoms with E-state index in [-0.39, 0.29) is 5.91 Å². The molecule has 0 bridgehead atoms. The van der Waals surface area contributed by atoms with E-state index in [1.54, 1.807) is 14.2 Å². The number of amides is 1. The van der Waals surface area contributed by atoms with Crippen LogP contribution in [-0.4, -0.2) is 38.1 Å². The number of methoxy groups -OCH3 is 2. The van der Waals surface area contributed by atoms with E-state index in [1.165, 1.54) is 5.56 Å². The monoisotopic (exact) mass is 374 g/mol. The molecular formula is C20H23ClN2O3. The fraction of sp³-hybridized carbons (Fsp3) is 0.350. The Bertz CT molecular complexity index is 795. The standard InChI is InChI=1S/C20H23ClN2O3/c1-25-18-10-14-7-9-23(13-15(14)11-19(18)26-2)20(24)6-8-22-17-5-3-4-16(21)12-17/h3-5,10-12,22H,6-9,13H2,1-2H3. The molecule has 0 unspecified atom stereocenters. The number of hydrogen-bond donors (Lipinski definition) is 1. The zero-order valence-electron chi connectivity index (χ0n) is 15.0. The Balaban J connectivity index is 1.58. The number of benzene rings is 2. The first-order valence-corrected chi connectivity index (χ1v) is 8.99. The summed E-state index contributed by atoms with van der Waals surface area (Å²) in [6.07, 6.45) is 1.26. The lowest BCUT2D eigenvalue weighted by molar-refractivity contribution is -0.131. The van der Waals surface area contributed by atoms with Crippen LogP contribution in [0.15, 0.2) is 36.4 Å². The SMILES string of the molecule is COc1cc2c(cc1OC)CN(C(=O)CCNc1cccc(Cl)c1)CC2. The molecule has 0 radical (unpaired) electrons. The summed E-state index contributed by atoms with van der Waals surface area (Å²) in [5.74, 6) is 1.57. The van der Waals surface area contributed by atoms with Crippen molar-refractivity contribution in [2.45, 2.75) is 19.4 Å². The van der Waals surface area contributed by atoms with Gasteiger partial charge >= 0.3 is 0 Å². The molecule has 1 aliphatic rings. The molecule has 26 heavy (non-hydrogen) atoms. The molecule has 0 fully saturated rings. The van der Waals surface area contributed by atoms with Gasteiger partial charge in [-0.3, -0.25) is 4.79 Å². The Hall–Kier alpha value is -2.40. The summed E-state index contributed by atoms with van der Waals surface area (Å²) in [4.78, 5) is 14.4. The average molecular weight is 375 g/mol. The highest BCUT2D eigenvalue weighted by molar-refractivity contribution is 6.30. The van der Waals surface area contributed by atoms with Gasteiger partial charge in [0.05, 0.1) is 14.2 Å². The van der Waals surface area contributed by atoms with Crippen LogP contribution in [0.3, 0.4) is 0 Å². The van der Waals surface area contributed by atoms with Gasteiger partial charge in [-0.15, -0.1) is 0 Å². The van der Waals surface area contributed by atoms with Gasteiger partial charge in [0.25, 0.3) is 0 Å². The highest BCUT2D eigenvalue weighted by atomic mass is 35.5. The molecule has 3 rings (SSSR count). The Morgan fingerprint density at radius 1 is 1.15 bits per heavy atom. The molecule has 1 amide bonds. The zero-order valence-corrected chi connectivity index (χ0v) is 15.8. The van der Waals surface area contributed by atoms with Crippen LogP contribution in [0.25, 0.3) is 0 Å². The molecule has 2 aromatic rings. The summed E-state index contributed by atoms with van der Waals surface area (Å²) in [7, 11) is 3.26. The van der Waals surface area contributed by atoms with E-state index in [1.807, 2.05) is 41.3 Å². The van der Waals surface area contributed by atoms with Crippen molar-refractivity contribution in [2.75, 3.05) is 32.6 Å². The van der Waals surface area contributed by atoms with Crippen molar-refractivity contribution in [3.8, 4) is 11.5 Å². The predicted molar refractivity (Wildman–Crippen MR) is 103 cm³/mol. The molecule has 0 saturated carbocycles. The van der Waals surface area contributed by atoms with E-state index in [0.717, 1.165) is 30.0 Å². The second-order valence-corrected chi connectivity index (χ2v) is 6.66. The van der Waals surface area contributed by atoms with Crippen LogP contribution >= 0.6 is 11.6 Å². The zero-order chi connectivity index (χ0) is 18.5. The van der Waals surface area contributed by atoms with Crippen LogP contribution < -0.4 is 14.8 Å². The van der Waals surface area contributed by atoms with Gasteiger partial charge in [0.15, 0.2) is 11.5 Å². The maximum absolute atomic E-state index is 12.5. The highest BCUT2D eigenvalue weighted by Gasteiger charge is 2.22. The van der Waals surface area contributed by atoms with Gasteiger partial charge in [-0.2, -0.15) is 0 Å². The predicted octanol–water partition coefficient (Wildman–Crippen LogP) is 3.74. The van der Waals surface area contributed by atoms with Crippen LogP contribution in [0.2, 0.25) is 5.02 Å². The van der Waals surface area contributed by atoms with Crippen LogP contribution in [0.5, 0.6) is 11.5 Å². The van der Waals surface area contributed by atoms with Gasteiger partial charge in [0.1, 0.15) is 0 Å². The minimum atomic E-state index is 0.139. The lowest BCUT2D eigenvalue weighted by Gasteiger charge is -2.29. The third kappa shape index (κ3) is 4.22. The van der Waals surface area contributed by atoms with Crippen LogP contribution in [0, 0.1) is 0 Å². The summed E-state index contributed by atoms with van der Waals surface area (Å²) < 4.78 is 10.7. The van der Waals surface area contributed by atoms with E-state index < -0.39 is 0 Å². The molecule has 2 aromatic carbocycles. The summed E-state index contributed by atoms with van der Waals surface area (Å²) >= 11 is 5.97. The topological polar surface area (TPSA) is 50.8 Å². The number of fused-ring (bicyclic) bond motifs is 1. The normalized spacial score (nSPS) is 13.1. The summed E-state index contributed by atoms with van der Waals surface area (Å²) in [6.45, 7) is 1.90. The number of nitrogens with one attached hydrogen (secondary N) is 1. The molecule has 1 aliphatic heterocycles. The van der Waals surface area contributed by atoms with Crippen LogP contribution in [-0.2, 0) is 17.8 Å². The second kappa shape index (κ2) is 8.32. The van der Waals surface area contributed by atoms with Crippen molar-refractivity contribution in [3.05, 3.63) is 52.5 Å². The largest absolute Gasteiger partial charge is 0.493 e. The number of ether oxygens (including phenoxy) is 2. The van der Waals surface area contributed by atoms with E-state index in [4.69, 9.17) is 21.1 Å². The minimum Gasteiger partial charge on any atom is -0.493 e. The van der Waals surface area contributed by atoms with Gasteiger partial charge in [0.2, 0.25) is 5.91 Å². The first-order valence-electron chi connectivity index (χ1n) is 8.61. The maximum Gasteiger partial charge on any atom is 0.224 e. The Labute approximate surface area is 158 Å². The van der Waals surface area contributed by atoms with Gasteiger partial charge in [-0.25, -0.2) is 0 Å². The molecule has 1 heterocycles. The van der Waals surface area contributed by atoms with Crippen molar-refractivity contribution in [1.29, 1.82) is 0 Å². The average Bonchev–Trinajstić information content (AvgIpc) is 2.66. The van der Waals surface area contributed by atoms with Gasteiger partial charge < -0.3 is 19.7 Å². The van der Waals surface area contributed by atoms with Gasteiger partial charge in [-0.05, 0) is 47.9 Å². The molecule has 6 heteroatoms. The minimum absolute atomic E-state index is 0.139. The fourth-order valence-electron chi connectivity index (χ4n) is 3.17. The lowest BCUT2D eigenvalue weighted by atomic mass is 9.98. The highest BCUT2D eigenvalue weighted by Crippen LogP contribution is 2.33. The summed E-state index contributed by atoms with van der Waals surface area (Å²) in [5, 5.41) is 3.92. The maximum atomic E-state index is 12.5. The van der Waals surface area contributed by atoms with E-state index >= 15 is 0 Å². The van der Waals surface area contributed by atoms with Crippen LogP contribution in [0.1, 0.15) is 17.5 Å². The number of carbonyl (C=O) groups is 1. The second-order valence-electron chi connectivity index (χ2n) is 6.23. The van der Waals surface area contributed by atoms with Gasteiger partial charge in [-0.1, -0.05) is 17.7 Å². The molecule has 5 nitrogen and oxygen atoms in total. The van der Waals surface area contributed by atoms with E-state index in [0.29, 0.717) is 30.3 Å². The third-order valence-corrected chi connectivity index (χ3v) is 4.80. The summed E-state index contributed by atoms with van der Waals surface area (Å²) in [6, 6.07) is 11.5. The first kappa shape index (κ1) is 18.4. The van der Waals surface area contributed by atoms with E-state index in [2.05, 4.69) is 5.32 Å². The van der Waals surface area contributed by atoms with Crippen molar-refractivity contribution >= 4 is 23.2 Å². The lowest BCUT2D eigenvalue weighted by Crippen LogP contribution is -2.36. The molecule has 0 aliphatic carbocycles. The Kier molecular flexibility index (Phi) is 5.89. The molecule has 0 atom stereocenters. The summed E-state index contributed by atoms with van der Waals surface area (Å²) in [5.41, 5.74) is 3.25. The molecule has 0 spiro atoms. The van der Waals surface area contributed by atoms with Gasteiger partial charge in [0, 0.05) is 36.8 Å². The molecule has 0 saturated heterocycles. The quantitative estimate of drug-likeness (QED) is 0.836. The number of nitrogens with zero attached hydrogens (tertiary/aromatic N) is 1. The number of anilines is 1. The van der Waals surface area contributed by atoms with Crippen LogP contribution in [0.4, 0.5) is 5.69 Å². The number of hydrogen-bond acceptors (Lipinski definition) is 4. The fourth-order valence-corrected chi connectivity index (χ4v) is 3.36. The van der Waals surface area contributed by atoms with Crippen molar-refractivity contribution in [2.24, 2.45) is 0 Å². The third-order valence-electron chi connectivity index (χ3n) is 4.56. The Morgan fingerprint density at radius 3 is 2.58 bits per heavy atom. The molecular weight excluding hydrogens is 352 g/mol. The molecule has 0 aromatic heterocycles. The van der Waals surface area contributed by atoms with Crippen molar-refractivity contribution in [1.82, 2.24) is 4.90 Å². The van der Waals surface area contributed by atoms with E-state index in [9.17, 15) is 4.79 Å². The first-order chi connectivity index (χ1) is 12.6.